The van der Waals surface area contributed by atoms with Crippen molar-refractivity contribution >= 4 is 34.7 Å². The molecule has 1 heterocycles. The summed E-state index contributed by atoms with van der Waals surface area (Å²) in [6.45, 7) is 1.35. The second-order valence-electron chi connectivity index (χ2n) is 6.13. The van der Waals surface area contributed by atoms with Crippen molar-refractivity contribution in [1.29, 1.82) is 0 Å². The minimum Gasteiger partial charge on any atom is -0.308 e. The monoisotopic (exact) mass is 353 g/mol. The molecular formula is C20H20ClN3O. The first kappa shape index (κ1) is 17.4. The number of halogens is 1. The highest BCUT2D eigenvalue weighted by molar-refractivity contribution is 6.30. The van der Waals surface area contributed by atoms with Crippen molar-refractivity contribution in [2.24, 2.45) is 0 Å². The molecule has 0 amide bonds. The molecule has 0 atom stereocenters. The summed E-state index contributed by atoms with van der Waals surface area (Å²) in [5.74, 6) is 0.653. The van der Waals surface area contributed by atoms with Gasteiger partial charge in [-0.15, -0.1) is 0 Å². The number of hydrogen-bond acceptors (Lipinski definition) is 3. The molecular weight excluding hydrogens is 334 g/mol. The first-order valence-corrected chi connectivity index (χ1v) is 8.50. The molecule has 2 aromatic carbocycles. The Hall–Kier alpha value is -2.43. The first-order valence-electron chi connectivity index (χ1n) is 8.12. The van der Waals surface area contributed by atoms with Crippen LogP contribution < -0.4 is 5.56 Å². The molecule has 128 valence electrons. The van der Waals surface area contributed by atoms with Crippen molar-refractivity contribution < 1.29 is 0 Å². The molecule has 0 unspecified atom stereocenters. The van der Waals surface area contributed by atoms with Crippen LogP contribution in [0.5, 0.6) is 0 Å². The Morgan fingerprint density at radius 3 is 2.52 bits per heavy atom. The molecule has 0 saturated carbocycles. The van der Waals surface area contributed by atoms with Gasteiger partial charge in [0.1, 0.15) is 5.82 Å². The van der Waals surface area contributed by atoms with Gasteiger partial charge in [-0.2, -0.15) is 0 Å². The summed E-state index contributed by atoms with van der Waals surface area (Å²) >= 11 is 5.92. The molecule has 4 nitrogen and oxygen atoms in total. The van der Waals surface area contributed by atoms with Gasteiger partial charge in [0, 0.05) is 18.1 Å². The third kappa shape index (κ3) is 4.16. The van der Waals surface area contributed by atoms with E-state index in [9.17, 15) is 4.79 Å². The van der Waals surface area contributed by atoms with E-state index in [0.717, 1.165) is 12.1 Å². The first-order chi connectivity index (χ1) is 12.0. The lowest BCUT2D eigenvalue weighted by Crippen LogP contribution is -2.29. The molecule has 0 bridgehead atoms. The maximum absolute atomic E-state index is 12.9. The van der Waals surface area contributed by atoms with Gasteiger partial charge in [-0.05, 0) is 50.0 Å². The summed E-state index contributed by atoms with van der Waals surface area (Å²) in [5, 5.41) is 1.34. The maximum Gasteiger partial charge on any atom is 0.261 e. The Bertz CT molecular complexity index is 959. The van der Waals surface area contributed by atoms with Crippen molar-refractivity contribution in [3.05, 3.63) is 75.3 Å². The molecule has 5 heteroatoms. The zero-order valence-corrected chi connectivity index (χ0v) is 15.1. The molecule has 3 rings (SSSR count). The minimum absolute atomic E-state index is 0.0109. The van der Waals surface area contributed by atoms with Gasteiger partial charge >= 0.3 is 0 Å². The van der Waals surface area contributed by atoms with Crippen LogP contribution in [-0.2, 0) is 6.54 Å². The van der Waals surface area contributed by atoms with Crippen LogP contribution in [0.4, 0.5) is 0 Å². The molecule has 0 radical (unpaired) electrons. The van der Waals surface area contributed by atoms with Crippen LogP contribution in [0.1, 0.15) is 11.4 Å². The minimum atomic E-state index is -0.0109. The van der Waals surface area contributed by atoms with E-state index >= 15 is 0 Å². The molecule has 0 fully saturated rings. The molecule has 0 aliphatic rings. The number of nitrogens with zero attached hydrogens (tertiary/aromatic N) is 3. The summed E-state index contributed by atoms with van der Waals surface area (Å²) in [5.41, 5.74) is 1.71. The molecule has 0 N–H and O–H groups in total. The lowest BCUT2D eigenvalue weighted by Gasteiger charge is -2.14. The van der Waals surface area contributed by atoms with E-state index in [2.05, 4.69) is 4.98 Å². The van der Waals surface area contributed by atoms with Crippen LogP contribution in [0.3, 0.4) is 0 Å². The van der Waals surface area contributed by atoms with E-state index in [-0.39, 0.29) is 5.56 Å². The molecule has 1 aromatic heterocycles. The third-order valence-electron chi connectivity index (χ3n) is 3.96. The Morgan fingerprint density at radius 2 is 1.80 bits per heavy atom. The zero-order chi connectivity index (χ0) is 17.8. The summed E-state index contributed by atoms with van der Waals surface area (Å²) in [7, 11) is 3.98. The summed E-state index contributed by atoms with van der Waals surface area (Å²) in [6.07, 6.45) is 3.83. The van der Waals surface area contributed by atoms with E-state index in [0.29, 0.717) is 28.3 Å². The number of fused-ring (bicyclic) bond motifs is 1. The van der Waals surface area contributed by atoms with E-state index < -0.39 is 0 Å². The number of benzene rings is 2. The highest BCUT2D eigenvalue weighted by Crippen LogP contribution is 2.13. The van der Waals surface area contributed by atoms with E-state index in [1.807, 2.05) is 79.7 Å². The Kier molecular flexibility index (Phi) is 5.31. The average Bonchev–Trinajstić information content (AvgIpc) is 2.60. The smallest absolute Gasteiger partial charge is 0.261 e. The van der Waals surface area contributed by atoms with Gasteiger partial charge < -0.3 is 4.90 Å². The second-order valence-corrected chi connectivity index (χ2v) is 6.57. The summed E-state index contributed by atoms with van der Waals surface area (Å²) in [6, 6.07) is 15.0. The maximum atomic E-state index is 12.9. The molecule has 0 aliphatic heterocycles. The largest absolute Gasteiger partial charge is 0.308 e. The highest BCUT2D eigenvalue weighted by atomic mass is 35.5. The van der Waals surface area contributed by atoms with Crippen LogP contribution in [0.2, 0.25) is 5.02 Å². The summed E-state index contributed by atoms with van der Waals surface area (Å²) in [4.78, 5) is 19.6. The standard InChI is InChI=1S/C20H20ClN3O/c1-23(2)13-14-24-19(12-9-15-7-10-16(21)11-8-15)22-18-6-4-3-5-17(18)20(24)25/h3-12H,13-14H2,1-2H3/b12-9+. The van der Waals surface area contributed by atoms with Crippen molar-refractivity contribution in [1.82, 2.24) is 14.5 Å². The molecule has 0 aliphatic carbocycles. The van der Waals surface area contributed by atoms with Crippen molar-refractivity contribution in [2.75, 3.05) is 20.6 Å². The fourth-order valence-corrected chi connectivity index (χ4v) is 2.70. The van der Waals surface area contributed by atoms with E-state index in [1.165, 1.54) is 0 Å². The number of likely N-dealkylation sites (N-methyl/N-ethyl adjacent to an activating group) is 1. The predicted molar refractivity (Wildman–Crippen MR) is 105 cm³/mol. The van der Waals surface area contributed by atoms with Crippen LogP contribution >= 0.6 is 11.6 Å². The van der Waals surface area contributed by atoms with Crippen molar-refractivity contribution in [3.63, 3.8) is 0 Å². The van der Waals surface area contributed by atoms with Crippen molar-refractivity contribution in [3.8, 4) is 0 Å². The molecule has 25 heavy (non-hydrogen) atoms. The van der Waals surface area contributed by atoms with Crippen LogP contribution in [-0.4, -0.2) is 35.1 Å². The molecule has 3 aromatic rings. The fourth-order valence-electron chi connectivity index (χ4n) is 2.57. The van der Waals surface area contributed by atoms with Gasteiger partial charge in [-0.3, -0.25) is 9.36 Å². The van der Waals surface area contributed by atoms with E-state index in [4.69, 9.17) is 11.6 Å². The lowest BCUT2D eigenvalue weighted by atomic mass is 10.2. The Balaban J connectivity index is 2.06. The topological polar surface area (TPSA) is 38.1 Å². The number of hydrogen-bond donors (Lipinski definition) is 0. The molecule has 0 spiro atoms. The van der Waals surface area contributed by atoms with Gasteiger partial charge in [0.05, 0.1) is 10.9 Å². The lowest BCUT2D eigenvalue weighted by molar-refractivity contribution is 0.379. The third-order valence-corrected chi connectivity index (χ3v) is 4.21. The second kappa shape index (κ2) is 7.64. The highest BCUT2D eigenvalue weighted by Gasteiger charge is 2.09. The average molecular weight is 354 g/mol. The number of para-hydroxylation sites is 1. The summed E-state index contributed by atoms with van der Waals surface area (Å²) < 4.78 is 1.73. The van der Waals surface area contributed by atoms with Gasteiger partial charge in [0.25, 0.3) is 5.56 Å². The van der Waals surface area contributed by atoms with Crippen molar-refractivity contribution in [2.45, 2.75) is 6.54 Å². The molecule has 0 saturated heterocycles. The SMILES string of the molecule is CN(C)CCn1c(/C=C/c2ccc(Cl)cc2)nc2ccccc2c1=O. The van der Waals surface area contributed by atoms with E-state index in [1.54, 1.807) is 4.57 Å². The van der Waals surface area contributed by atoms with Crippen LogP contribution in [0.15, 0.2) is 53.3 Å². The van der Waals surface area contributed by atoms with Gasteiger partial charge in [-0.25, -0.2) is 4.98 Å². The predicted octanol–water partition coefficient (Wildman–Crippen LogP) is 3.78. The Labute approximate surface area is 152 Å². The van der Waals surface area contributed by atoms with Gasteiger partial charge in [0.2, 0.25) is 0 Å². The zero-order valence-electron chi connectivity index (χ0n) is 14.3. The van der Waals surface area contributed by atoms with Gasteiger partial charge in [-0.1, -0.05) is 41.9 Å². The van der Waals surface area contributed by atoms with Gasteiger partial charge in [0.15, 0.2) is 0 Å². The quantitative estimate of drug-likeness (QED) is 0.700. The number of aromatic nitrogens is 2. The number of rotatable bonds is 5. The van der Waals surface area contributed by atoms with Crippen LogP contribution in [0.25, 0.3) is 23.1 Å². The van der Waals surface area contributed by atoms with Crippen LogP contribution in [0, 0.1) is 0 Å². The fraction of sp³-hybridized carbons (Fsp3) is 0.200. The normalized spacial score (nSPS) is 11.7. The Morgan fingerprint density at radius 1 is 1.08 bits per heavy atom.